The van der Waals surface area contributed by atoms with Gasteiger partial charge in [0, 0.05) is 28.3 Å². The fraction of sp³-hybridized carbons (Fsp3) is 0.118. The summed E-state index contributed by atoms with van der Waals surface area (Å²) in [5, 5.41) is 0. The maximum absolute atomic E-state index is 15.8. The van der Waals surface area contributed by atoms with Crippen molar-refractivity contribution < 1.29 is 35.8 Å². The summed E-state index contributed by atoms with van der Waals surface area (Å²) in [6.45, 7) is 0. The minimum absolute atomic E-state index is 0.0486. The molecule has 0 saturated carbocycles. The largest absolute Gasteiger partial charge is 0.457 e. The second-order valence-electron chi connectivity index (χ2n) is 10.3. The molecule has 2 aliphatic rings. The number of benzene rings is 5. The molecule has 2 unspecified atom stereocenters. The fourth-order valence-electron chi connectivity index (χ4n) is 6.51. The van der Waals surface area contributed by atoms with Crippen LogP contribution in [0, 0.1) is 0 Å². The van der Waals surface area contributed by atoms with Crippen LogP contribution in [0.1, 0.15) is 33.4 Å². The van der Waals surface area contributed by atoms with E-state index in [0.717, 1.165) is 12.1 Å². The summed E-state index contributed by atoms with van der Waals surface area (Å²) in [5.41, 5.74) is -7.31. The van der Waals surface area contributed by atoms with Crippen molar-refractivity contribution in [2.24, 2.45) is 0 Å². The van der Waals surface area contributed by atoms with Crippen LogP contribution in [0.2, 0.25) is 0 Å². The van der Waals surface area contributed by atoms with Gasteiger partial charge in [-0.2, -0.15) is 26.3 Å². The van der Waals surface area contributed by atoms with E-state index in [1.807, 2.05) is 0 Å². The van der Waals surface area contributed by atoms with Gasteiger partial charge in [0.15, 0.2) is 0 Å². The Hall–Kier alpha value is -4.72. The maximum atomic E-state index is 15.8. The standard InChI is InChI=1S/C34H20F6O2/c35-33(36,37)31(21-11-3-1-4-12-21)23-15-7-9-17-27(23)41-29-20-30-26(19-25(29)31)32(34(38,39)40,22-13-5-2-6-14-22)24-16-8-10-18-28(24)42-30/h1-20H. The molecular weight excluding hydrogens is 554 g/mol. The smallest absolute Gasteiger partial charge is 0.406 e. The summed E-state index contributed by atoms with van der Waals surface area (Å²) >= 11 is 0. The molecule has 2 atom stereocenters. The van der Waals surface area contributed by atoms with Gasteiger partial charge in [-0.15, -0.1) is 0 Å². The molecule has 5 aromatic rings. The molecule has 0 aliphatic carbocycles. The molecule has 0 saturated heterocycles. The van der Waals surface area contributed by atoms with Crippen LogP contribution >= 0.6 is 0 Å². The van der Waals surface area contributed by atoms with Crippen molar-refractivity contribution in [2.45, 2.75) is 23.2 Å². The van der Waals surface area contributed by atoms with Crippen molar-refractivity contribution in [3.63, 3.8) is 0 Å². The van der Waals surface area contributed by atoms with Crippen LogP contribution in [0.5, 0.6) is 23.0 Å². The third kappa shape index (κ3) is 3.35. The SMILES string of the molecule is FC(F)(F)C1(c2ccccc2)c2ccccc2Oc2cc3c(cc21)C(c1ccccc1)(C(F)(F)F)c1ccccc1O3. The molecule has 0 radical (unpaired) electrons. The number of rotatable bonds is 2. The number of para-hydroxylation sites is 2. The molecule has 2 nitrogen and oxygen atoms in total. The van der Waals surface area contributed by atoms with Gasteiger partial charge in [0.2, 0.25) is 0 Å². The van der Waals surface area contributed by atoms with E-state index in [1.54, 1.807) is 24.3 Å². The average molecular weight is 575 g/mol. The lowest BCUT2D eigenvalue weighted by atomic mass is 9.63. The van der Waals surface area contributed by atoms with Gasteiger partial charge in [-0.3, -0.25) is 0 Å². The predicted molar refractivity (Wildman–Crippen MR) is 144 cm³/mol. The highest BCUT2D eigenvalue weighted by Crippen LogP contribution is 2.64. The van der Waals surface area contributed by atoms with Gasteiger partial charge in [0.25, 0.3) is 0 Å². The van der Waals surface area contributed by atoms with E-state index in [2.05, 4.69) is 0 Å². The first-order chi connectivity index (χ1) is 20.1. The van der Waals surface area contributed by atoms with E-state index in [0.29, 0.717) is 0 Å². The van der Waals surface area contributed by atoms with Gasteiger partial charge in [-0.25, -0.2) is 0 Å². The first-order valence-electron chi connectivity index (χ1n) is 13.1. The van der Waals surface area contributed by atoms with Gasteiger partial charge < -0.3 is 9.47 Å². The van der Waals surface area contributed by atoms with Crippen LogP contribution in [0.25, 0.3) is 0 Å². The van der Waals surface area contributed by atoms with E-state index < -0.39 is 34.3 Å². The van der Waals surface area contributed by atoms with E-state index >= 15 is 26.3 Å². The number of hydrogen-bond donors (Lipinski definition) is 0. The summed E-state index contributed by atoms with van der Waals surface area (Å²) in [5.74, 6) is -0.575. The molecule has 0 fully saturated rings. The Morgan fingerprint density at radius 2 is 0.738 bits per heavy atom. The van der Waals surface area contributed by atoms with Crippen molar-refractivity contribution in [3.8, 4) is 23.0 Å². The molecule has 0 bridgehead atoms. The normalized spacial score (nSPS) is 20.7. The molecule has 8 heteroatoms. The van der Waals surface area contributed by atoms with Crippen LogP contribution in [0.15, 0.2) is 121 Å². The Morgan fingerprint density at radius 1 is 0.381 bits per heavy atom. The molecular formula is C34H20F6O2. The Bertz CT molecular complexity index is 1680. The van der Waals surface area contributed by atoms with Crippen LogP contribution < -0.4 is 9.47 Å². The average Bonchev–Trinajstić information content (AvgIpc) is 2.97. The second kappa shape index (κ2) is 8.89. The van der Waals surface area contributed by atoms with Gasteiger partial charge in [0.1, 0.15) is 33.8 Å². The van der Waals surface area contributed by atoms with Crippen LogP contribution in [0.3, 0.4) is 0 Å². The highest BCUT2D eigenvalue weighted by atomic mass is 19.4. The molecule has 0 amide bonds. The summed E-state index contributed by atoms with van der Waals surface area (Å²) in [6, 6.07) is 28.0. The Morgan fingerprint density at radius 3 is 1.12 bits per heavy atom. The number of ether oxygens (including phenoxy) is 2. The van der Waals surface area contributed by atoms with Crippen molar-refractivity contribution in [1.82, 2.24) is 0 Å². The molecule has 0 aromatic heterocycles. The Balaban J connectivity index is 1.66. The third-order valence-corrected chi connectivity index (χ3v) is 8.18. The van der Waals surface area contributed by atoms with Crippen LogP contribution in [-0.2, 0) is 10.8 Å². The zero-order valence-corrected chi connectivity index (χ0v) is 21.6. The number of hydrogen-bond acceptors (Lipinski definition) is 2. The van der Waals surface area contributed by atoms with Crippen molar-refractivity contribution in [3.05, 3.63) is 155 Å². The molecule has 5 aromatic carbocycles. The Labute approximate surface area is 236 Å². The number of fused-ring (bicyclic) bond motifs is 4. The molecule has 0 spiro atoms. The van der Waals surface area contributed by atoms with E-state index in [1.165, 1.54) is 84.9 Å². The minimum Gasteiger partial charge on any atom is -0.457 e. The van der Waals surface area contributed by atoms with Gasteiger partial charge in [0.05, 0.1) is 0 Å². The second-order valence-corrected chi connectivity index (χ2v) is 10.3. The van der Waals surface area contributed by atoms with Crippen LogP contribution in [-0.4, -0.2) is 12.4 Å². The number of halogens is 6. The first kappa shape index (κ1) is 26.2. The lowest BCUT2D eigenvalue weighted by molar-refractivity contribution is -0.169. The van der Waals surface area contributed by atoms with Crippen LogP contribution in [0.4, 0.5) is 26.3 Å². The van der Waals surface area contributed by atoms with Crippen molar-refractivity contribution >= 4 is 0 Å². The molecule has 42 heavy (non-hydrogen) atoms. The van der Waals surface area contributed by atoms with E-state index in [4.69, 9.17) is 9.47 Å². The summed E-state index contributed by atoms with van der Waals surface area (Å²) < 4.78 is 107. The third-order valence-electron chi connectivity index (χ3n) is 8.18. The zero-order valence-electron chi connectivity index (χ0n) is 21.6. The minimum atomic E-state index is -4.97. The summed E-state index contributed by atoms with van der Waals surface area (Å²) in [6.07, 6.45) is -9.95. The number of alkyl halides is 6. The fourth-order valence-corrected chi connectivity index (χ4v) is 6.51. The summed E-state index contributed by atoms with van der Waals surface area (Å²) in [7, 11) is 0. The lowest BCUT2D eigenvalue weighted by Crippen LogP contribution is -2.48. The van der Waals surface area contributed by atoms with Crippen molar-refractivity contribution in [1.29, 1.82) is 0 Å². The molecule has 2 aliphatic heterocycles. The molecule has 2 heterocycles. The Kier molecular flexibility index (Phi) is 5.54. The molecule has 0 N–H and O–H groups in total. The van der Waals surface area contributed by atoms with E-state index in [9.17, 15) is 0 Å². The summed E-state index contributed by atoms with van der Waals surface area (Å²) in [4.78, 5) is 0. The van der Waals surface area contributed by atoms with Gasteiger partial charge >= 0.3 is 12.4 Å². The lowest BCUT2D eigenvalue weighted by Gasteiger charge is -2.45. The van der Waals surface area contributed by atoms with Gasteiger partial charge in [-0.05, 0) is 29.3 Å². The highest BCUT2D eigenvalue weighted by Gasteiger charge is 2.65. The quantitative estimate of drug-likeness (QED) is 0.196. The topological polar surface area (TPSA) is 18.5 Å². The maximum Gasteiger partial charge on any atom is 0.406 e. The highest BCUT2D eigenvalue weighted by molar-refractivity contribution is 5.72. The first-order valence-corrected chi connectivity index (χ1v) is 13.1. The van der Waals surface area contributed by atoms with E-state index in [-0.39, 0.29) is 45.3 Å². The monoisotopic (exact) mass is 574 g/mol. The molecule has 210 valence electrons. The molecule has 7 rings (SSSR count). The van der Waals surface area contributed by atoms with Gasteiger partial charge in [-0.1, -0.05) is 97.1 Å². The van der Waals surface area contributed by atoms with Crippen molar-refractivity contribution in [2.75, 3.05) is 0 Å². The predicted octanol–water partition coefficient (Wildman–Crippen LogP) is 9.69. The zero-order chi connectivity index (χ0) is 29.3.